The van der Waals surface area contributed by atoms with Crippen molar-refractivity contribution in [3.8, 4) is 0 Å². The van der Waals surface area contributed by atoms with Gasteiger partial charge in [0.25, 0.3) is 0 Å². The van der Waals surface area contributed by atoms with Crippen molar-refractivity contribution in [2.75, 3.05) is 13.1 Å². The third-order valence-corrected chi connectivity index (χ3v) is 1.98. The van der Waals surface area contributed by atoms with Crippen LogP contribution in [0.5, 0.6) is 0 Å². The summed E-state index contributed by atoms with van der Waals surface area (Å²) in [7, 11) is 0. The molecule has 0 heterocycles. The first-order valence-electron chi connectivity index (χ1n) is 4.99. The first-order chi connectivity index (χ1) is 6.72. The molecule has 0 amide bonds. The van der Waals surface area contributed by atoms with Crippen molar-refractivity contribution in [2.45, 2.75) is 31.7 Å². The van der Waals surface area contributed by atoms with Gasteiger partial charge in [-0.1, -0.05) is 12.5 Å². The molecule has 0 rings (SSSR count). The van der Waals surface area contributed by atoms with Crippen molar-refractivity contribution >= 4 is 5.97 Å². The molecule has 0 aliphatic heterocycles. The van der Waals surface area contributed by atoms with Gasteiger partial charge >= 0.3 is 5.97 Å². The number of carboxylic acids is 1. The van der Waals surface area contributed by atoms with Crippen molar-refractivity contribution in [1.29, 1.82) is 0 Å². The molecule has 14 heavy (non-hydrogen) atoms. The van der Waals surface area contributed by atoms with Gasteiger partial charge in [0.1, 0.15) is 6.04 Å². The van der Waals surface area contributed by atoms with E-state index < -0.39 is 12.0 Å². The van der Waals surface area contributed by atoms with Gasteiger partial charge in [-0.15, -0.1) is 6.58 Å². The van der Waals surface area contributed by atoms with Crippen LogP contribution >= 0.6 is 0 Å². The lowest BCUT2D eigenvalue weighted by Gasteiger charge is -2.13. The summed E-state index contributed by atoms with van der Waals surface area (Å²) in [6.07, 6.45) is 4.94. The van der Waals surface area contributed by atoms with Crippen LogP contribution in [-0.4, -0.2) is 30.2 Å². The van der Waals surface area contributed by atoms with Crippen LogP contribution in [0.15, 0.2) is 12.7 Å². The molecule has 4 nitrogen and oxygen atoms in total. The molecule has 0 unspecified atom stereocenters. The second-order valence-electron chi connectivity index (χ2n) is 3.21. The largest absolute Gasteiger partial charge is 0.480 e. The highest BCUT2D eigenvalue weighted by Crippen LogP contribution is 2.00. The standard InChI is InChI=1S/C10H20N2O2/c1-2-3-8-12-9(10(13)14)6-4-5-7-11/h2,9,12H,1,3-8,11H2,(H,13,14)/t9-/m0/s1. The minimum absolute atomic E-state index is 0.443. The Hall–Kier alpha value is -0.870. The van der Waals surface area contributed by atoms with Crippen LogP contribution in [-0.2, 0) is 4.79 Å². The molecule has 82 valence electrons. The molecule has 0 aromatic rings. The van der Waals surface area contributed by atoms with E-state index in [0.717, 1.165) is 19.3 Å². The maximum atomic E-state index is 10.8. The smallest absolute Gasteiger partial charge is 0.320 e. The van der Waals surface area contributed by atoms with E-state index in [1.807, 2.05) is 0 Å². The number of hydrogen-bond acceptors (Lipinski definition) is 3. The second-order valence-corrected chi connectivity index (χ2v) is 3.21. The molecule has 0 radical (unpaired) electrons. The molecule has 0 spiro atoms. The average molecular weight is 200 g/mol. The first kappa shape index (κ1) is 13.1. The van der Waals surface area contributed by atoms with Crippen LogP contribution in [0.25, 0.3) is 0 Å². The van der Waals surface area contributed by atoms with Crippen LogP contribution < -0.4 is 11.1 Å². The number of hydrogen-bond donors (Lipinski definition) is 3. The highest BCUT2D eigenvalue weighted by molar-refractivity contribution is 5.73. The van der Waals surface area contributed by atoms with E-state index in [4.69, 9.17) is 10.8 Å². The lowest BCUT2D eigenvalue weighted by molar-refractivity contribution is -0.139. The molecule has 4 N–H and O–H groups in total. The fraction of sp³-hybridized carbons (Fsp3) is 0.700. The van der Waals surface area contributed by atoms with Crippen LogP contribution in [0.1, 0.15) is 25.7 Å². The molecule has 4 heteroatoms. The summed E-state index contributed by atoms with van der Waals surface area (Å²) in [6.45, 7) is 4.87. The van der Waals surface area contributed by atoms with Gasteiger partial charge < -0.3 is 16.2 Å². The van der Waals surface area contributed by atoms with Gasteiger partial charge in [0.2, 0.25) is 0 Å². The van der Waals surface area contributed by atoms with E-state index in [1.165, 1.54) is 0 Å². The highest BCUT2D eigenvalue weighted by Gasteiger charge is 2.14. The zero-order valence-corrected chi connectivity index (χ0v) is 8.54. The third-order valence-electron chi connectivity index (χ3n) is 1.98. The zero-order chi connectivity index (χ0) is 10.8. The van der Waals surface area contributed by atoms with Gasteiger partial charge in [0.05, 0.1) is 0 Å². The Kier molecular flexibility index (Phi) is 8.17. The number of nitrogens with two attached hydrogens (primary N) is 1. The van der Waals surface area contributed by atoms with E-state index in [-0.39, 0.29) is 0 Å². The molecular weight excluding hydrogens is 180 g/mol. The Labute approximate surface area is 85.2 Å². The van der Waals surface area contributed by atoms with E-state index in [9.17, 15) is 4.79 Å². The van der Waals surface area contributed by atoms with E-state index in [1.54, 1.807) is 6.08 Å². The van der Waals surface area contributed by atoms with Gasteiger partial charge in [0, 0.05) is 0 Å². The van der Waals surface area contributed by atoms with Gasteiger partial charge in [-0.3, -0.25) is 4.79 Å². The SMILES string of the molecule is C=CCCN[C@@H](CCCCN)C(=O)O. The first-order valence-corrected chi connectivity index (χ1v) is 4.99. The lowest BCUT2D eigenvalue weighted by atomic mass is 10.1. The summed E-state index contributed by atoms with van der Waals surface area (Å²) in [5.74, 6) is -0.786. The van der Waals surface area contributed by atoms with Crippen molar-refractivity contribution < 1.29 is 9.90 Å². The summed E-state index contributed by atoms with van der Waals surface area (Å²) in [5.41, 5.74) is 5.33. The third kappa shape index (κ3) is 6.62. The molecule has 0 aromatic heterocycles. The normalized spacial score (nSPS) is 12.4. The van der Waals surface area contributed by atoms with Gasteiger partial charge in [0.15, 0.2) is 0 Å². The molecule has 0 aliphatic carbocycles. The summed E-state index contributed by atoms with van der Waals surface area (Å²) in [4.78, 5) is 10.8. The number of rotatable bonds is 9. The summed E-state index contributed by atoms with van der Waals surface area (Å²) in [6, 6.07) is -0.443. The number of nitrogens with one attached hydrogen (secondary N) is 1. The fourth-order valence-electron chi connectivity index (χ4n) is 1.17. The Balaban J connectivity index is 3.66. The maximum Gasteiger partial charge on any atom is 0.320 e. The minimum atomic E-state index is -0.786. The zero-order valence-electron chi connectivity index (χ0n) is 8.54. The number of carboxylic acid groups (broad SMARTS) is 1. The lowest BCUT2D eigenvalue weighted by Crippen LogP contribution is -2.37. The predicted octanol–water partition coefficient (Wildman–Crippen LogP) is 0.734. The fourth-order valence-corrected chi connectivity index (χ4v) is 1.17. The molecule has 0 aromatic carbocycles. The summed E-state index contributed by atoms with van der Waals surface area (Å²) < 4.78 is 0. The molecule has 0 saturated heterocycles. The van der Waals surface area contributed by atoms with E-state index >= 15 is 0 Å². The Bertz CT molecular complexity index is 172. The second kappa shape index (κ2) is 8.72. The van der Waals surface area contributed by atoms with Crippen molar-refractivity contribution in [2.24, 2.45) is 5.73 Å². The number of aliphatic carboxylic acids is 1. The van der Waals surface area contributed by atoms with Crippen molar-refractivity contribution in [3.05, 3.63) is 12.7 Å². The maximum absolute atomic E-state index is 10.8. The van der Waals surface area contributed by atoms with Crippen LogP contribution in [0.3, 0.4) is 0 Å². The molecule has 0 aliphatic rings. The van der Waals surface area contributed by atoms with Gasteiger partial charge in [-0.2, -0.15) is 0 Å². The average Bonchev–Trinajstić information content (AvgIpc) is 2.15. The quantitative estimate of drug-likeness (QED) is 0.379. The van der Waals surface area contributed by atoms with Crippen molar-refractivity contribution in [3.63, 3.8) is 0 Å². The highest BCUT2D eigenvalue weighted by atomic mass is 16.4. The van der Waals surface area contributed by atoms with E-state index in [2.05, 4.69) is 11.9 Å². The molecule has 0 saturated carbocycles. The minimum Gasteiger partial charge on any atom is -0.480 e. The van der Waals surface area contributed by atoms with Crippen LogP contribution in [0, 0.1) is 0 Å². The van der Waals surface area contributed by atoms with Crippen molar-refractivity contribution in [1.82, 2.24) is 5.32 Å². The number of unbranched alkanes of at least 4 members (excludes halogenated alkanes) is 1. The molecule has 1 atom stereocenters. The molecule has 0 bridgehead atoms. The summed E-state index contributed by atoms with van der Waals surface area (Å²) in [5, 5.41) is 11.8. The van der Waals surface area contributed by atoms with Crippen LogP contribution in [0.4, 0.5) is 0 Å². The summed E-state index contributed by atoms with van der Waals surface area (Å²) >= 11 is 0. The van der Waals surface area contributed by atoms with Gasteiger partial charge in [-0.05, 0) is 32.4 Å². The molecule has 0 fully saturated rings. The van der Waals surface area contributed by atoms with E-state index in [0.29, 0.717) is 19.5 Å². The van der Waals surface area contributed by atoms with Gasteiger partial charge in [-0.25, -0.2) is 0 Å². The molecular formula is C10H20N2O2. The Morgan fingerprint density at radius 3 is 2.79 bits per heavy atom. The number of carbonyl (C=O) groups is 1. The monoisotopic (exact) mass is 200 g/mol. The van der Waals surface area contributed by atoms with Crippen LogP contribution in [0.2, 0.25) is 0 Å². The predicted molar refractivity (Wildman–Crippen MR) is 57.1 cm³/mol. The Morgan fingerprint density at radius 2 is 2.29 bits per heavy atom. The topological polar surface area (TPSA) is 75.3 Å². The Morgan fingerprint density at radius 1 is 1.57 bits per heavy atom.